The fourth-order valence-corrected chi connectivity index (χ4v) is 2.51. The lowest BCUT2D eigenvalue weighted by atomic mass is 10.1. The molecule has 0 unspecified atom stereocenters. The molecule has 0 spiro atoms. The minimum atomic E-state index is 0.389. The third-order valence-corrected chi connectivity index (χ3v) is 3.57. The van der Waals surface area contributed by atoms with Crippen molar-refractivity contribution in [2.24, 2.45) is 5.73 Å². The van der Waals surface area contributed by atoms with Gasteiger partial charge >= 0.3 is 0 Å². The molecule has 0 bridgehead atoms. The summed E-state index contributed by atoms with van der Waals surface area (Å²) in [7, 11) is 0. The monoisotopic (exact) mass is 261 g/mol. The van der Waals surface area contributed by atoms with Gasteiger partial charge in [0.1, 0.15) is 6.07 Å². The van der Waals surface area contributed by atoms with Gasteiger partial charge in [-0.3, -0.25) is 4.98 Å². The van der Waals surface area contributed by atoms with Crippen LogP contribution in [0.25, 0.3) is 11.3 Å². The van der Waals surface area contributed by atoms with Crippen molar-refractivity contribution in [3.05, 3.63) is 51.4 Å². The third kappa shape index (κ3) is 2.31. The topological polar surface area (TPSA) is 62.7 Å². The Bertz CT molecular complexity index is 596. The van der Waals surface area contributed by atoms with Gasteiger partial charge in [-0.1, -0.05) is 17.7 Å². The number of halogens is 1. The zero-order valence-corrected chi connectivity index (χ0v) is 10.3. The second kappa shape index (κ2) is 5.00. The normalized spacial score (nSPS) is 11.8. The van der Waals surface area contributed by atoms with Gasteiger partial charge in [-0.05, 0) is 17.5 Å². The Morgan fingerprint density at radius 1 is 1.47 bits per heavy atom. The predicted molar refractivity (Wildman–Crippen MR) is 70.2 cm³/mol. The quantitative estimate of drug-likeness (QED) is 0.845. The highest BCUT2D eigenvalue weighted by Crippen LogP contribution is 2.31. The summed E-state index contributed by atoms with van der Waals surface area (Å²) < 4.78 is 0. The minimum absolute atomic E-state index is 0.389. The Morgan fingerprint density at radius 2 is 2.29 bits per heavy atom. The number of nitrogens with zero attached hydrogens (tertiary/aromatic N) is 2. The Morgan fingerprint density at radius 3 is 2.82 bits per heavy atom. The van der Waals surface area contributed by atoms with Gasteiger partial charge in [-0.25, -0.2) is 0 Å². The largest absolute Gasteiger partial charge is 0.396 e. The number of hydrogen-bond donors (Lipinski definition) is 1. The van der Waals surface area contributed by atoms with Crippen molar-refractivity contribution in [2.45, 2.75) is 0 Å². The Labute approximate surface area is 108 Å². The Hall–Kier alpha value is -1.83. The van der Waals surface area contributed by atoms with Crippen molar-refractivity contribution in [2.75, 3.05) is 0 Å². The van der Waals surface area contributed by atoms with Crippen molar-refractivity contribution in [3.8, 4) is 6.07 Å². The van der Waals surface area contributed by atoms with Crippen molar-refractivity contribution >= 4 is 34.2 Å². The molecular weight excluding hydrogens is 254 g/mol. The molecule has 0 saturated carbocycles. The molecule has 0 radical (unpaired) electrons. The van der Waals surface area contributed by atoms with Crippen LogP contribution in [0.2, 0.25) is 5.02 Å². The Kier molecular flexibility index (Phi) is 3.43. The first-order valence-corrected chi connectivity index (χ1v) is 6.03. The lowest BCUT2D eigenvalue weighted by molar-refractivity contribution is 1.31. The molecule has 0 atom stereocenters. The van der Waals surface area contributed by atoms with Gasteiger partial charge < -0.3 is 5.73 Å². The van der Waals surface area contributed by atoms with Crippen LogP contribution in [0.3, 0.4) is 0 Å². The van der Waals surface area contributed by atoms with Gasteiger partial charge in [-0.2, -0.15) is 5.26 Å². The molecule has 3 nitrogen and oxygen atoms in total. The number of hydrogen-bond acceptors (Lipinski definition) is 4. The molecule has 0 aliphatic carbocycles. The zero-order valence-electron chi connectivity index (χ0n) is 8.72. The molecule has 84 valence electrons. The van der Waals surface area contributed by atoms with Gasteiger partial charge in [0.2, 0.25) is 0 Å². The number of nitriles is 1. The lowest BCUT2D eigenvalue weighted by Gasteiger charge is -2.04. The number of allylic oxidation sites excluding steroid dienone is 1. The summed E-state index contributed by atoms with van der Waals surface area (Å²) in [5, 5.41) is 11.6. The highest BCUT2D eigenvalue weighted by molar-refractivity contribution is 7.11. The van der Waals surface area contributed by atoms with Gasteiger partial charge in [0.05, 0.1) is 21.2 Å². The van der Waals surface area contributed by atoms with Crippen LogP contribution in [0.1, 0.15) is 10.4 Å². The highest BCUT2D eigenvalue weighted by atomic mass is 35.5. The first kappa shape index (κ1) is 11.6. The average Bonchev–Trinajstić information content (AvgIpc) is 2.77. The van der Waals surface area contributed by atoms with Crippen LogP contribution in [-0.4, -0.2) is 4.98 Å². The zero-order chi connectivity index (χ0) is 12.3. The van der Waals surface area contributed by atoms with Crippen LogP contribution in [0, 0.1) is 11.3 Å². The number of aromatic nitrogens is 1. The predicted octanol–water partition coefficient (Wildman–Crippen LogP) is 3.15. The third-order valence-electron chi connectivity index (χ3n) is 2.19. The van der Waals surface area contributed by atoms with E-state index in [-0.39, 0.29) is 0 Å². The molecule has 2 N–H and O–H groups in total. The smallest absolute Gasteiger partial charge is 0.102 e. The van der Waals surface area contributed by atoms with Crippen molar-refractivity contribution < 1.29 is 0 Å². The van der Waals surface area contributed by atoms with E-state index in [1.165, 1.54) is 11.3 Å². The van der Waals surface area contributed by atoms with Crippen LogP contribution in [0.15, 0.2) is 36.0 Å². The van der Waals surface area contributed by atoms with Gasteiger partial charge in [0.15, 0.2) is 0 Å². The molecular formula is C12H8ClN3S. The summed E-state index contributed by atoms with van der Waals surface area (Å²) in [5.74, 6) is 0. The van der Waals surface area contributed by atoms with Crippen LogP contribution >= 0.6 is 22.9 Å². The molecule has 0 aromatic carbocycles. The second-order valence-corrected chi connectivity index (χ2v) is 4.56. The van der Waals surface area contributed by atoms with E-state index in [1.807, 2.05) is 5.38 Å². The summed E-state index contributed by atoms with van der Waals surface area (Å²) in [6, 6.07) is 7.40. The maximum atomic E-state index is 9.19. The fourth-order valence-electron chi connectivity index (χ4n) is 1.39. The molecule has 5 heteroatoms. The summed E-state index contributed by atoms with van der Waals surface area (Å²) in [6.07, 6.45) is 3.25. The van der Waals surface area contributed by atoms with E-state index in [0.717, 1.165) is 0 Å². The molecule has 0 saturated heterocycles. The van der Waals surface area contributed by atoms with Crippen molar-refractivity contribution in [1.29, 1.82) is 5.26 Å². The first-order valence-electron chi connectivity index (χ1n) is 4.77. The van der Waals surface area contributed by atoms with Crippen LogP contribution in [-0.2, 0) is 0 Å². The van der Waals surface area contributed by atoms with E-state index in [0.29, 0.717) is 26.7 Å². The van der Waals surface area contributed by atoms with Gasteiger partial charge in [0.25, 0.3) is 0 Å². The summed E-state index contributed by atoms with van der Waals surface area (Å²) in [6.45, 7) is 0. The van der Waals surface area contributed by atoms with E-state index in [4.69, 9.17) is 17.3 Å². The lowest BCUT2D eigenvalue weighted by Crippen LogP contribution is -1.99. The van der Waals surface area contributed by atoms with Crippen molar-refractivity contribution in [3.63, 3.8) is 0 Å². The summed E-state index contributed by atoms with van der Waals surface area (Å²) in [4.78, 5) is 4.68. The summed E-state index contributed by atoms with van der Waals surface area (Å²) in [5.41, 5.74) is 7.45. The van der Waals surface area contributed by atoms with E-state index < -0.39 is 0 Å². The van der Waals surface area contributed by atoms with Gasteiger partial charge in [0, 0.05) is 18.0 Å². The fraction of sp³-hybridized carbons (Fsp3) is 0. The number of thiophene rings is 1. The van der Waals surface area contributed by atoms with E-state index in [2.05, 4.69) is 11.1 Å². The first-order chi connectivity index (χ1) is 8.24. The van der Waals surface area contributed by atoms with Crippen LogP contribution < -0.4 is 5.73 Å². The summed E-state index contributed by atoms with van der Waals surface area (Å²) >= 11 is 7.40. The number of rotatable bonds is 2. The standard InChI is InChI=1S/C12H8ClN3S/c13-10-3-5-17-12(10)11(15)9(6-14)8-2-1-4-16-7-8/h1-5,7H,15H2/b11-9-. The molecule has 2 rings (SSSR count). The second-order valence-electron chi connectivity index (χ2n) is 3.24. The molecule has 0 amide bonds. The SMILES string of the molecule is N#C/C(=C(/N)c1sccc1Cl)c1cccnc1. The van der Waals surface area contributed by atoms with Crippen LogP contribution in [0.5, 0.6) is 0 Å². The molecule has 0 fully saturated rings. The molecule has 0 aliphatic heterocycles. The maximum Gasteiger partial charge on any atom is 0.102 e. The number of nitrogens with two attached hydrogens (primary N) is 1. The van der Waals surface area contributed by atoms with Crippen molar-refractivity contribution in [1.82, 2.24) is 4.98 Å². The molecule has 2 aromatic rings. The van der Waals surface area contributed by atoms with E-state index >= 15 is 0 Å². The molecule has 2 aromatic heterocycles. The van der Waals surface area contributed by atoms with E-state index in [1.54, 1.807) is 30.6 Å². The number of pyridine rings is 1. The molecule has 0 aliphatic rings. The van der Waals surface area contributed by atoms with E-state index in [9.17, 15) is 5.26 Å². The highest BCUT2D eigenvalue weighted by Gasteiger charge is 2.12. The van der Waals surface area contributed by atoms with Crippen LogP contribution in [0.4, 0.5) is 0 Å². The molecule has 17 heavy (non-hydrogen) atoms. The van der Waals surface area contributed by atoms with Gasteiger partial charge in [-0.15, -0.1) is 11.3 Å². The Balaban J connectivity index is 2.57. The minimum Gasteiger partial charge on any atom is -0.396 e. The maximum absolute atomic E-state index is 9.19. The average molecular weight is 262 g/mol. The molecule has 2 heterocycles.